The number of hydrogen-bond acceptors (Lipinski definition) is 2. The third kappa shape index (κ3) is 3.43. The van der Waals surface area contributed by atoms with Gasteiger partial charge in [0, 0.05) is 11.5 Å². The van der Waals surface area contributed by atoms with Crippen LogP contribution in [0.4, 0.5) is 4.39 Å². The fraction of sp³-hybridized carbons (Fsp3) is 0.0909. The highest BCUT2D eigenvalue weighted by Crippen LogP contribution is 2.26. The molecule has 0 aliphatic heterocycles. The fourth-order valence-electron chi connectivity index (χ4n) is 3.25. The van der Waals surface area contributed by atoms with Gasteiger partial charge in [-0.2, -0.15) is 0 Å². The van der Waals surface area contributed by atoms with Crippen molar-refractivity contribution in [2.75, 3.05) is 0 Å². The first-order valence-corrected chi connectivity index (χ1v) is 9.56. The van der Waals surface area contributed by atoms with Crippen molar-refractivity contribution < 1.29 is 9.18 Å². The molecule has 6 heteroatoms. The summed E-state index contributed by atoms with van der Waals surface area (Å²) in [6.45, 7) is 0. The lowest BCUT2D eigenvalue weighted by Gasteiger charge is -2.20. The van der Waals surface area contributed by atoms with E-state index in [1.54, 1.807) is 0 Å². The molecule has 0 bridgehead atoms. The molecule has 28 heavy (non-hydrogen) atoms. The Morgan fingerprint density at radius 2 is 1.79 bits per heavy atom. The summed E-state index contributed by atoms with van der Waals surface area (Å²) in [6.07, 6.45) is 0. The van der Waals surface area contributed by atoms with Crippen molar-refractivity contribution in [2.45, 2.75) is 6.04 Å². The molecule has 3 aromatic carbocycles. The molecular weight excluding hydrogens is 421 g/mol. The van der Waals surface area contributed by atoms with Crippen LogP contribution in [0.25, 0.3) is 11.0 Å². The number of carbonyl (C=O) groups excluding carboxylic acids is 1. The fourth-order valence-corrected chi connectivity index (χ4v) is 3.67. The van der Waals surface area contributed by atoms with Crippen LogP contribution in [0.2, 0.25) is 0 Å². The largest absolute Gasteiger partial charge is 0.338 e. The quantitative estimate of drug-likeness (QED) is 0.488. The average Bonchev–Trinajstić information content (AvgIpc) is 3.05. The molecule has 4 aromatic rings. The van der Waals surface area contributed by atoms with Crippen LogP contribution in [0.1, 0.15) is 27.8 Å². The van der Waals surface area contributed by atoms with Gasteiger partial charge in [0.25, 0.3) is 5.91 Å². The highest BCUT2D eigenvalue weighted by molar-refractivity contribution is 9.10. The van der Waals surface area contributed by atoms with E-state index in [9.17, 15) is 9.18 Å². The molecule has 0 spiro atoms. The molecule has 0 radical (unpaired) electrons. The van der Waals surface area contributed by atoms with Crippen molar-refractivity contribution in [3.63, 3.8) is 0 Å². The number of para-hydroxylation sites is 2. The number of nitrogens with zero attached hydrogens (tertiary/aromatic N) is 2. The lowest BCUT2D eigenvalue weighted by Crippen LogP contribution is -2.31. The highest BCUT2D eigenvalue weighted by Gasteiger charge is 2.24. The van der Waals surface area contributed by atoms with Crippen LogP contribution in [0.15, 0.2) is 77.3 Å². The highest BCUT2D eigenvalue weighted by atomic mass is 79.9. The number of halogens is 2. The first-order valence-electron chi connectivity index (χ1n) is 8.77. The molecule has 1 atom stereocenters. The maximum absolute atomic E-state index is 13.7. The summed E-state index contributed by atoms with van der Waals surface area (Å²) in [5.74, 6) is -0.145. The van der Waals surface area contributed by atoms with Crippen LogP contribution in [0, 0.1) is 5.82 Å². The third-order valence-corrected chi connectivity index (χ3v) is 5.35. The monoisotopic (exact) mass is 437 g/mol. The Hall–Kier alpha value is -2.99. The van der Waals surface area contributed by atoms with Crippen LogP contribution in [0.3, 0.4) is 0 Å². The summed E-state index contributed by atoms with van der Waals surface area (Å²) >= 11 is 3.33. The molecule has 1 N–H and O–H groups in total. The molecule has 4 nitrogen and oxygen atoms in total. The Kier molecular flexibility index (Phi) is 4.96. The van der Waals surface area contributed by atoms with Gasteiger partial charge in [0.05, 0.1) is 16.6 Å². The Morgan fingerprint density at radius 3 is 2.54 bits per heavy atom. The molecule has 140 valence electrons. The van der Waals surface area contributed by atoms with Crippen molar-refractivity contribution in [3.05, 3.63) is 100 Å². The van der Waals surface area contributed by atoms with E-state index in [4.69, 9.17) is 4.98 Å². The minimum absolute atomic E-state index is 0.236. The summed E-state index contributed by atoms with van der Waals surface area (Å²) in [7, 11) is 1.92. The van der Waals surface area contributed by atoms with Crippen LogP contribution < -0.4 is 5.32 Å². The zero-order chi connectivity index (χ0) is 19.7. The summed E-state index contributed by atoms with van der Waals surface area (Å²) in [5.41, 5.74) is 2.95. The van der Waals surface area contributed by atoms with Gasteiger partial charge in [-0.15, -0.1) is 0 Å². The number of nitrogens with one attached hydrogen (secondary N) is 1. The van der Waals surface area contributed by atoms with Gasteiger partial charge in [-0.05, 0) is 51.8 Å². The Labute approximate surface area is 170 Å². The number of amides is 1. The second kappa shape index (κ2) is 7.56. The first kappa shape index (κ1) is 18.4. The molecule has 1 heterocycles. The molecule has 1 aromatic heterocycles. The van der Waals surface area contributed by atoms with E-state index in [0.29, 0.717) is 10.3 Å². The molecule has 0 fully saturated rings. The van der Waals surface area contributed by atoms with Gasteiger partial charge >= 0.3 is 0 Å². The van der Waals surface area contributed by atoms with E-state index < -0.39 is 11.9 Å². The number of imidazole rings is 1. The molecule has 0 saturated carbocycles. The molecular formula is C22H17BrFN3O. The zero-order valence-corrected chi connectivity index (χ0v) is 16.7. The molecule has 0 aliphatic rings. The van der Waals surface area contributed by atoms with Gasteiger partial charge in [0.2, 0.25) is 0 Å². The maximum atomic E-state index is 13.7. The number of benzene rings is 3. The van der Waals surface area contributed by atoms with Gasteiger partial charge in [0.15, 0.2) is 0 Å². The number of hydrogen-bond donors (Lipinski definition) is 1. The molecule has 1 unspecified atom stereocenters. The van der Waals surface area contributed by atoms with Crippen molar-refractivity contribution in [2.24, 2.45) is 7.05 Å². The zero-order valence-electron chi connectivity index (χ0n) is 15.1. The van der Waals surface area contributed by atoms with E-state index >= 15 is 0 Å². The number of aromatic nitrogens is 2. The van der Waals surface area contributed by atoms with Crippen LogP contribution >= 0.6 is 15.9 Å². The number of rotatable bonds is 4. The smallest absolute Gasteiger partial charge is 0.253 e. The van der Waals surface area contributed by atoms with Gasteiger partial charge in [-0.1, -0.05) is 42.5 Å². The molecule has 0 aliphatic carbocycles. The molecule has 1 amide bonds. The van der Waals surface area contributed by atoms with E-state index in [-0.39, 0.29) is 11.5 Å². The summed E-state index contributed by atoms with van der Waals surface area (Å²) in [4.78, 5) is 17.7. The predicted octanol–water partition coefficient (Wildman–Crippen LogP) is 4.99. The topological polar surface area (TPSA) is 46.9 Å². The van der Waals surface area contributed by atoms with Crippen molar-refractivity contribution in [3.8, 4) is 0 Å². The maximum Gasteiger partial charge on any atom is 0.253 e. The Morgan fingerprint density at radius 1 is 1.07 bits per heavy atom. The lowest BCUT2D eigenvalue weighted by atomic mass is 10.1. The number of aryl methyl sites for hydroxylation is 1. The SMILES string of the molecule is Cn1c(C(NC(=O)c2cc(F)ccc2Br)c2ccccc2)nc2ccccc21. The first-order chi connectivity index (χ1) is 13.5. The Balaban J connectivity index is 1.79. The van der Waals surface area contributed by atoms with Gasteiger partial charge < -0.3 is 9.88 Å². The second-order valence-corrected chi connectivity index (χ2v) is 7.31. The van der Waals surface area contributed by atoms with E-state index in [1.165, 1.54) is 18.2 Å². The van der Waals surface area contributed by atoms with Gasteiger partial charge in [-0.25, -0.2) is 9.37 Å². The number of fused-ring (bicyclic) bond motifs is 1. The summed E-state index contributed by atoms with van der Waals surface area (Å²) in [5, 5.41) is 3.02. The van der Waals surface area contributed by atoms with Crippen molar-refractivity contribution in [1.82, 2.24) is 14.9 Å². The van der Waals surface area contributed by atoms with Crippen molar-refractivity contribution >= 4 is 32.9 Å². The summed E-state index contributed by atoms with van der Waals surface area (Å²) in [6, 6.07) is 21.0. The minimum Gasteiger partial charge on any atom is -0.338 e. The average molecular weight is 438 g/mol. The predicted molar refractivity (Wildman–Crippen MR) is 111 cm³/mol. The standard InChI is InChI=1S/C22H17BrFN3O/c1-27-19-10-6-5-9-18(19)25-21(27)20(14-7-3-2-4-8-14)26-22(28)16-13-15(24)11-12-17(16)23/h2-13,20H,1H3,(H,26,28). The molecule has 4 rings (SSSR count). The minimum atomic E-state index is -0.485. The van der Waals surface area contributed by atoms with E-state index in [2.05, 4.69) is 21.2 Å². The lowest BCUT2D eigenvalue weighted by molar-refractivity contribution is 0.0940. The van der Waals surface area contributed by atoms with E-state index in [1.807, 2.05) is 66.2 Å². The van der Waals surface area contributed by atoms with E-state index in [0.717, 1.165) is 16.6 Å². The second-order valence-electron chi connectivity index (χ2n) is 6.46. The number of carbonyl (C=O) groups is 1. The third-order valence-electron chi connectivity index (χ3n) is 4.66. The van der Waals surface area contributed by atoms with Crippen molar-refractivity contribution in [1.29, 1.82) is 0 Å². The summed E-state index contributed by atoms with van der Waals surface area (Å²) < 4.78 is 16.2. The van der Waals surface area contributed by atoms with Gasteiger partial charge in [-0.3, -0.25) is 4.79 Å². The van der Waals surface area contributed by atoms with Crippen LogP contribution in [-0.2, 0) is 7.05 Å². The Bertz CT molecular complexity index is 1160. The van der Waals surface area contributed by atoms with Gasteiger partial charge in [0.1, 0.15) is 17.7 Å². The van der Waals surface area contributed by atoms with Crippen LogP contribution in [0.5, 0.6) is 0 Å². The normalized spacial score (nSPS) is 12.1. The van der Waals surface area contributed by atoms with Crippen LogP contribution in [-0.4, -0.2) is 15.5 Å². The molecule has 0 saturated heterocycles.